The van der Waals surface area contributed by atoms with Gasteiger partial charge in [0, 0.05) is 18.8 Å². The van der Waals surface area contributed by atoms with Crippen LogP contribution in [0.4, 0.5) is 0 Å². The second-order valence-corrected chi connectivity index (χ2v) is 5.01. The molecule has 0 saturated carbocycles. The van der Waals surface area contributed by atoms with E-state index in [9.17, 15) is 0 Å². The Morgan fingerprint density at radius 3 is 2.65 bits per heavy atom. The molecule has 1 N–H and O–H groups in total. The van der Waals surface area contributed by atoms with Gasteiger partial charge in [0.2, 0.25) is 0 Å². The van der Waals surface area contributed by atoms with E-state index in [4.69, 9.17) is 4.74 Å². The van der Waals surface area contributed by atoms with Crippen molar-refractivity contribution in [1.82, 2.24) is 15.1 Å². The van der Waals surface area contributed by atoms with Gasteiger partial charge in [0.05, 0.1) is 5.69 Å². The number of benzene rings is 1. The summed E-state index contributed by atoms with van der Waals surface area (Å²) < 4.78 is 7.75. The van der Waals surface area contributed by atoms with Gasteiger partial charge >= 0.3 is 0 Å². The molecule has 4 nitrogen and oxygen atoms in total. The van der Waals surface area contributed by atoms with E-state index in [0.29, 0.717) is 12.6 Å². The maximum Gasteiger partial charge on any atom is 0.132 e. The summed E-state index contributed by atoms with van der Waals surface area (Å²) in [5.41, 5.74) is 2.21. The van der Waals surface area contributed by atoms with Crippen molar-refractivity contribution in [2.75, 3.05) is 7.05 Å². The summed E-state index contributed by atoms with van der Waals surface area (Å²) in [5, 5.41) is 7.65. The predicted octanol–water partition coefficient (Wildman–Crippen LogP) is 3.15. The van der Waals surface area contributed by atoms with Crippen LogP contribution in [-0.2, 0) is 13.2 Å². The molecule has 108 valence electrons. The van der Waals surface area contributed by atoms with Crippen molar-refractivity contribution in [2.45, 2.75) is 39.5 Å². The third kappa shape index (κ3) is 3.84. The van der Waals surface area contributed by atoms with Crippen molar-refractivity contribution in [3.63, 3.8) is 0 Å². The highest BCUT2D eigenvalue weighted by Crippen LogP contribution is 2.15. The second-order valence-electron chi connectivity index (χ2n) is 5.01. The van der Waals surface area contributed by atoms with Gasteiger partial charge < -0.3 is 10.1 Å². The van der Waals surface area contributed by atoms with Crippen molar-refractivity contribution in [2.24, 2.45) is 0 Å². The Hall–Kier alpha value is -1.81. The Morgan fingerprint density at radius 2 is 2.00 bits per heavy atom. The highest BCUT2D eigenvalue weighted by molar-refractivity contribution is 5.27. The summed E-state index contributed by atoms with van der Waals surface area (Å²) >= 11 is 0. The molecular formula is C16H23N3O. The first-order valence-electron chi connectivity index (χ1n) is 7.13. The number of rotatable bonds is 7. The number of nitrogens with one attached hydrogen (secondary N) is 1. The van der Waals surface area contributed by atoms with Gasteiger partial charge in [-0.05, 0) is 44.2 Å². The lowest BCUT2D eigenvalue weighted by molar-refractivity contribution is 0.298. The SMILES string of the molecule is CCC(C)n1ccc(COc2ccc(CNC)cc2)n1. The lowest BCUT2D eigenvalue weighted by Gasteiger charge is -2.08. The number of hydrogen-bond acceptors (Lipinski definition) is 3. The predicted molar refractivity (Wildman–Crippen MR) is 80.8 cm³/mol. The number of hydrogen-bond donors (Lipinski definition) is 1. The van der Waals surface area contributed by atoms with Gasteiger partial charge in [-0.25, -0.2) is 0 Å². The Labute approximate surface area is 120 Å². The number of aromatic nitrogens is 2. The molecule has 0 bridgehead atoms. The molecule has 0 amide bonds. The fourth-order valence-corrected chi connectivity index (χ4v) is 1.95. The zero-order valence-corrected chi connectivity index (χ0v) is 12.5. The molecule has 1 aromatic heterocycles. The molecular weight excluding hydrogens is 250 g/mol. The maximum atomic E-state index is 5.76. The molecule has 1 unspecified atom stereocenters. The van der Waals surface area contributed by atoms with Crippen LogP contribution in [-0.4, -0.2) is 16.8 Å². The molecule has 0 spiro atoms. The minimum atomic E-state index is 0.435. The highest BCUT2D eigenvalue weighted by Gasteiger charge is 2.05. The van der Waals surface area contributed by atoms with Gasteiger partial charge in [-0.3, -0.25) is 4.68 Å². The van der Waals surface area contributed by atoms with Crippen LogP contribution in [0.3, 0.4) is 0 Å². The molecule has 1 atom stereocenters. The third-order valence-electron chi connectivity index (χ3n) is 3.40. The summed E-state index contributed by atoms with van der Waals surface area (Å²) in [6.07, 6.45) is 3.10. The second kappa shape index (κ2) is 7.10. The van der Waals surface area contributed by atoms with Gasteiger partial charge in [0.15, 0.2) is 0 Å². The summed E-state index contributed by atoms with van der Waals surface area (Å²) in [7, 11) is 1.94. The maximum absolute atomic E-state index is 5.76. The zero-order chi connectivity index (χ0) is 14.4. The summed E-state index contributed by atoms with van der Waals surface area (Å²) in [6, 6.07) is 10.6. The largest absolute Gasteiger partial charge is 0.487 e. The van der Waals surface area contributed by atoms with Crippen molar-refractivity contribution in [3.05, 3.63) is 47.8 Å². The fourth-order valence-electron chi connectivity index (χ4n) is 1.95. The van der Waals surface area contributed by atoms with E-state index in [-0.39, 0.29) is 0 Å². The van der Waals surface area contributed by atoms with Gasteiger partial charge in [-0.2, -0.15) is 5.10 Å². The Balaban J connectivity index is 1.89. The van der Waals surface area contributed by atoms with Gasteiger partial charge in [-0.15, -0.1) is 0 Å². The van der Waals surface area contributed by atoms with Crippen molar-refractivity contribution < 1.29 is 4.74 Å². The summed E-state index contributed by atoms with van der Waals surface area (Å²) in [4.78, 5) is 0. The van der Waals surface area contributed by atoms with Crippen LogP contribution >= 0.6 is 0 Å². The molecule has 0 fully saturated rings. The van der Waals surface area contributed by atoms with E-state index in [0.717, 1.165) is 24.4 Å². The molecule has 0 aliphatic carbocycles. The Kier molecular flexibility index (Phi) is 5.18. The number of nitrogens with zero attached hydrogens (tertiary/aromatic N) is 2. The quantitative estimate of drug-likeness (QED) is 0.842. The third-order valence-corrected chi connectivity index (χ3v) is 3.40. The Morgan fingerprint density at radius 1 is 1.25 bits per heavy atom. The minimum Gasteiger partial charge on any atom is -0.487 e. The molecule has 0 aliphatic rings. The topological polar surface area (TPSA) is 39.1 Å². The van der Waals surface area contributed by atoms with Gasteiger partial charge in [0.1, 0.15) is 12.4 Å². The lowest BCUT2D eigenvalue weighted by Crippen LogP contribution is -2.06. The molecule has 4 heteroatoms. The molecule has 0 aliphatic heterocycles. The first kappa shape index (κ1) is 14.6. The Bertz CT molecular complexity index is 519. The van der Waals surface area contributed by atoms with Crippen LogP contribution < -0.4 is 10.1 Å². The normalized spacial score (nSPS) is 12.3. The monoisotopic (exact) mass is 273 g/mol. The first-order chi connectivity index (χ1) is 9.72. The molecule has 2 aromatic rings. The molecule has 1 heterocycles. The zero-order valence-electron chi connectivity index (χ0n) is 12.5. The van der Waals surface area contributed by atoms with Gasteiger partial charge in [-0.1, -0.05) is 19.1 Å². The van der Waals surface area contributed by atoms with Crippen LogP contribution in [0.2, 0.25) is 0 Å². The van der Waals surface area contributed by atoms with E-state index in [1.54, 1.807) is 0 Å². The molecule has 2 rings (SSSR count). The summed E-state index contributed by atoms with van der Waals surface area (Å²) in [5.74, 6) is 0.878. The van der Waals surface area contributed by atoms with E-state index in [2.05, 4.69) is 36.4 Å². The van der Waals surface area contributed by atoms with E-state index >= 15 is 0 Å². The molecule has 0 radical (unpaired) electrons. The van der Waals surface area contributed by atoms with Crippen LogP contribution in [0.1, 0.15) is 37.6 Å². The fraction of sp³-hybridized carbons (Fsp3) is 0.438. The lowest BCUT2D eigenvalue weighted by atomic mass is 10.2. The summed E-state index contributed by atoms with van der Waals surface area (Å²) in [6.45, 7) is 5.71. The smallest absolute Gasteiger partial charge is 0.132 e. The van der Waals surface area contributed by atoms with Crippen molar-refractivity contribution in [3.8, 4) is 5.75 Å². The molecule has 20 heavy (non-hydrogen) atoms. The van der Waals surface area contributed by atoms with Crippen LogP contribution in [0.5, 0.6) is 5.75 Å². The van der Waals surface area contributed by atoms with Crippen LogP contribution in [0, 0.1) is 0 Å². The molecule has 0 saturated heterocycles. The van der Waals surface area contributed by atoms with Crippen LogP contribution in [0.15, 0.2) is 36.5 Å². The molecule has 1 aromatic carbocycles. The average molecular weight is 273 g/mol. The van der Waals surface area contributed by atoms with Crippen molar-refractivity contribution >= 4 is 0 Å². The number of ether oxygens (including phenoxy) is 1. The van der Waals surface area contributed by atoms with E-state index in [1.807, 2.05) is 36.1 Å². The minimum absolute atomic E-state index is 0.435. The standard InChI is InChI=1S/C16H23N3O/c1-4-13(2)19-10-9-15(18-19)12-20-16-7-5-14(6-8-16)11-17-3/h5-10,13,17H,4,11-12H2,1-3H3. The van der Waals surface area contributed by atoms with Gasteiger partial charge in [0.25, 0.3) is 0 Å². The van der Waals surface area contributed by atoms with E-state index in [1.165, 1.54) is 5.56 Å². The van der Waals surface area contributed by atoms with Crippen LogP contribution in [0.25, 0.3) is 0 Å². The average Bonchev–Trinajstić information content (AvgIpc) is 2.95. The van der Waals surface area contributed by atoms with E-state index < -0.39 is 0 Å². The highest BCUT2D eigenvalue weighted by atomic mass is 16.5. The van der Waals surface area contributed by atoms with Crippen molar-refractivity contribution in [1.29, 1.82) is 0 Å². The first-order valence-corrected chi connectivity index (χ1v) is 7.13.